The van der Waals surface area contributed by atoms with Gasteiger partial charge in [0.1, 0.15) is 5.75 Å². The molecule has 1 saturated heterocycles. The molecular weight excluding hydrogens is 388 g/mol. The molecule has 2 aliphatic carbocycles. The standard InChI is InChI=1S/C22H28N2O6/c1-2-29-18(25)15-30-17-5-3-16(4-6-17)23-19(26)21(7-8-21)22(9-10-22)20(27)24-11-13-28-14-12-24/h3-6H,2,7-15H2,1H3,(H,23,26). The van der Waals surface area contributed by atoms with E-state index in [-0.39, 0.29) is 18.4 Å². The average Bonchev–Trinajstić information content (AvgIpc) is 3.67. The highest BCUT2D eigenvalue weighted by Gasteiger charge is 2.73. The molecule has 4 rings (SSSR count). The molecule has 30 heavy (non-hydrogen) atoms. The summed E-state index contributed by atoms with van der Waals surface area (Å²) in [6.07, 6.45) is 3.04. The van der Waals surface area contributed by atoms with Crippen LogP contribution in [0.25, 0.3) is 0 Å². The first kappa shape index (κ1) is 20.7. The van der Waals surface area contributed by atoms with Crippen molar-refractivity contribution in [3.05, 3.63) is 24.3 Å². The molecule has 0 atom stereocenters. The van der Waals surface area contributed by atoms with Gasteiger partial charge in [-0.1, -0.05) is 0 Å². The SMILES string of the molecule is CCOC(=O)COc1ccc(NC(=O)C2(C3(C(=O)N4CCOCC4)CC3)CC2)cc1. The largest absolute Gasteiger partial charge is 0.482 e. The molecule has 0 radical (unpaired) electrons. The van der Waals surface area contributed by atoms with Crippen molar-refractivity contribution in [1.29, 1.82) is 0 Å². The maximum atomic E-state index is 13.2. The van der Waals surface area contributed by atoms with Crippen LogP contribution in [0.1, 0.15) is 32.6 Å². The zero-order chi connectivity index (χ0) is 21.2. The number of ether oxygens (including phenoxy) is 3. The van der Waals surface area contributed by atoms with Gasteiger partial charge in [-0.05, 0) is 56.9 Å². The van der Waals surface area contributed by atoms with Crippen LogP contribution in [0.4, 0.5) is 5.69 Å². The Labute approximate surface area is 175 Å². The lowest BCUT2D eigenvalue weighted by atomic mass is 9.83. The van der Waals surface area contributed by atoms with Gasteiger partial charge < -0.3 is 24.4 Å². The van der Waals surface area contributed by atoms with Crippen LogP contribution in [0.2, 0.25) is 0 Å². The van der Waals surface area contributed by atoms with Crippen LogP contribution in [-0.2, 0) is 23.9 Å². The Morgan fingerprint density at radius 1 is 1.03 bits per heavy atom. The van der Waals surface area contributed by atoms with Crippen molar-refractivity contribution in [2.45, 2.75) is 32.6 Å². The van der Waals surface area contributed by atoms with Gasteiger partial charge in [0, 0.05) is 18.8 Å². The molecule has 1 heterocycles. The van der Waals surface area contributed by atoms with Crippen molar-refractivity contribution in [1.82, 2.24) is 4.90 Å². The fraction of sp³-hybridized carbons (Fsp3) is 0.591. The van der Waals surface area contributed by atoms with Crippen molar-refractivity contribution < 1.29 is 28.6 Å². The topological polar surface area (TPSA) is 94.2 Å². The zero-order valence-electron chi connectivity index (χ0n) is 17.3. The Morgan fingerprint density at radius 3 is 2.23 bits per heavy atom. The highest BCUT2D eigenvalue weighted by molar-refractivity contribution is 6.03. The smallest absolute Gasteiger partial charge is 0.344 e. The van der Waals surface area contributed by atoms with E-state index in [0.717, 1.165) is 25.7 Å². The molecule has 8 nitrogen and oxygen atoms in total. The number of nitrogens with zero attached hydrogens (tertiary/aromatic N) is 1. The van der Waals surface area contributed by atoms with Gasteiger partial charge in [0.15, 0.2) is 6.61 Å². The van der Waals surface area contributed by atoms with Gasteiger partial charge in [0.2, 0.25) is 11.8 Å². The van der Waals surface area contributed by atoms with E-state index in [0.29, 0.717) is 44.3 Å². The van der Waals surface area contributed by atoms with E-state index in [1.54, 1.807) is 31.2 Å². The molecule has 8 heteroatoms. The summed E-state index contributed by atoms with van der Waals surface area (Å²) in [5.74, 6) is 0.122. The van der Waals surface area contributed by atoms with Gasteiger partial charge in [-0.2, -0.15) is 0 Å². The number of carbonyl (C=O) groups is 3. The molecule has 3 fully saturated rings. The average molecular weight is 416 g/mol. The molecule has 1 aliphatic heterocycles. The van der Waals surface area contributed by atoms with E-state index in [1.165, 1.54) is 0 Å². The highest BCUT2D eigenvalue weighted by atomic mass is 16.6. The first-order valence-corrected chi connectivity index (χ1v) is 10.6. The molecule has 2 amide bonds. The quantitative estimate of drug-likeness (QED) is 0.652. The molecule has 0 aromatic heterocycles. The molecule has 2 saturated carbocycles. The van der Waals surface area contributed by atoms with Crippen LogP contribution in [0.15, 0.2) is 24.3 Å². The molecule has 162 valence electrons. The van der Waals surface area contributed by atoms with Crippen LogP contribution in [-0.4, -0.2) is 62.2 Å². The first-order valence-electron chi connectivity index (χ1n) is 10.6. The summed E-state index contributed by atoms with van der Waals surface area (Å²) < 4.78 is 15.6. The van der Waals surface area contributed by atoms with Gasteiger partial charge in [0.05, 0.1) is 30.7 Å². The van der Waals surface area contributed by atoms with Gasteiger partial charge in [0.25, 0.3) is 0 Å². The third-order valence-electron chi connectivity index (χ3n) is 6.33. The molecule has 1 aromatic rings. The number of anilines is 1. The van der Waals surface area contributed by atoms with Crippen molar-refractivity contribution in [3.8, 4) is 5.75 Å². The lowest BCUT2D eigenvalue weighted by Gasteiger charge is -2.34. The zero-order valence-corrected chi connectivity index (χ0v) is 17.3. The summed E-state index contributed by atoms with van der Waals surface area (Å²) >= 11 is 0. The van der Waals surface area contributed by atoms with E-state index < -0.39 is 16.8 Å². The number of carbonyl (C=O) groups excluding carboxylic acids is 3. The number of hydrogen-bond donors (Lipinski definition) is 1. The van der Waals surface area contributed by atoms with Crippen LogP contribution < -0.4 is 10.1 Å². The van der Waals surface area contributed by atoms with E-state index in [4.69, 9.17) is 14.2 Å². The van der Waals surface area contributed by atoms with Crippen molar-refractivity contribution >= 4 is 23.5 Å². The third-order valence-corrected chi connectivity index (χ3v) is 6.33. The molecule has 0 spiro atoms. The number of amides is 2. The fourth-order valence-corrected chi connectivity index (χ4v) is 4.37. The second kappa shape index (κ2) is 8.26. The summed E-state index contributed by atoms with van der Waals surface area (Å²) in [5.41, 5.74) is -0.497. The Bertz CT molecular complexity index is 807. The normalized spacial score (nSPS) is 20.8. The minimum atomic E-state index is -0.596. The van der Waals surface area contributed by atoms with Crippen molar-refractivity contribution in [3.63, 3.8) is 0 Å². The van der Waals surface area contributed by atoms with Gasteiger partial charge in [-0.25, -0.2) is 4.79 Å². The Morgan fingerprint density at radius 2 is 1.67 bits per heavy atom. The van der Waals surface area contributed by atoms with E-state index in [1.807, 2.05) is 4.90 Å². The predicted molar refractivity (Wildman–Crippen MR) is 108 cm³/mol. The van der Waals surface area contributed by atoms with Crippen molar-refractivity contribution in [2.24, 2.45) is 10.8 Å². The summed E-state index contributed by atoms with van der Waals surface area (Å²) in [7, 11) is 0. The van der Waals surface area contributed by atoms with Crippen LogP contribution in [0.5, 0.6) is 5.75 Å². The maximum Gasteiger partial charge on any atom is 0.344 e. The lowest BCUT2D eigenvalue weighted by Crippen LogP contribution is -2.49. The first-order chi connectivity index (χ1) is 14.5. The van der Waals surface area contributed by atoms with E-state index in [9.17, 15) is 14.4 Å². The summed E-state index contributed by atoms with van der Waals surface area (Å²) in [5, 5.41) is 2.98. The molecule has 0 bridgehead atoms. The monoisotopic (exact) mass is 416 g/mol. The summed E-state index contributed by atoms with van der Waals surface area (Å²) in [6, 6.07) is 6.86. The number of benzene rings is 1. The predicted octanol–water partition coefficient (Wildman–Crippen LogP) is 1.99. The van der Waals surface area contributed by atoms with E-state index >= 15 is 0 Å². The summed E-state index contributed by atoms with van der Waals surface area (Å²) in [6.45, 7) is 4.22. The fourth-order valence-electron chi connectivity index (χ4n) is 4.37. The number of morpholine rings is 1. The third kappa shape index (κ3) is 3.88. The Kier molecular flexibility index (Phi) is 5.69. The summed E-state index contributed by atoms with van der Waals surface area (Å²) in [4.78, 5) is 39.6. The Hall–Kier alpha value is -2.61. The minimum absolute atomic E-state index is 0.0817. The van der Waals surface area contributed by atoms with E-state index in [2.05, 4.69) is 5.32 Å². The van der Waals surface area contributed by atoms with Crippen LogP contribution in [0.3, 0.4) is 0 Å². The molecule has 1 aromatic carbocycles. The molecule has 1 N–H and O–H groups in total. The maximum absolute atomic E-state index is 13.2. The second-order valence-electron chi connectivity index (χ2n) is 8.14. The second-order valence-corrected chi connectivity index (χ2v) is 8.14. The number of hydrogen-bond acceptors (Lipinski definition) is 6. The number of esters is 1. The van der Waals surface area contributed by atoms with Crippen LogP contribution >= 0.6 is 0 Å². The molecule has 3 aliphatic rings. The molecular formula is C22H28N2O6. The van der Waals surface area contributed by atoms with Crippen molar-refractivity contribution in [2.75, 3.05) is 44.8 Å². The highest BCUT2D eigenvalue weighted by Crippen LogP contribution is 2.71. The Balaban J connectivity index is 1.36. The van der Waals surface area contributed by atoms with Crippen LogP contribution in [0, 0.1) is 10.8 Å². The number of nitrogens with one attached hydrogen (secondary N) is 1. The molecule has 0 unspecified atom stereocenters. The van der Waals surface area contributed by atoms with Gasteiger partial charge >= 0.3 is 5.97 Å². The number of rotatable bonds is 8. The lowest BCUT2D eigenvalue weighted by molar-refractivity contribution is -0.147. The minimum Gasteiger partial charge on any atom is -0.482 e. The van der Waals surface area contributed by atoms with Gasteiger partial charge in [-0.15, -0.1) is 0 Å². The van der Waals surface area contributed by atoms with Gasteiger partial charge in [-0.3, -0.25) is 9.59 Å².